The van der Waals surface area contributed by atoms with Crippen molar-refractivity contribution in [1.82, 2.24) is 10.2 Å². The first-order chi connectivity index (χ1) is 13.7. The molecule has 3 aromatic rings. The number of nitrogens with one attached hydrogen (secondary N) is 1. The van der Waals surface area contributed by atoms with Crippen LogP contribution >= 0.6 is 34.7 Å². The molecule has 8 heteroatoms. The summed E-state index contributed by atoms with van der Waals surface area (Å²) in [6, 6.07) is 14.9. The van der Waals surface area contributed by atoms with E-state index in [0.29, 0.717) is 28.1 Å². The Labute approximate surface area is 177 Å². The van der Waals surface area contributed by atoms with Crippen LogP contribution in [0.5, 0.6) is 5.75 Å². The number of rotatable bonds is 9. The number of benzene rings is 2. The van der Waals surface area contributed by atoms with Crippen molar-refractivity contribution in [3.8, 4) is 5.75 Å². The third-order valence-corrected chi connectivity index (χ3v) is 6.08. The van der Waals surface area contributed by atoms with Crippen molar-refractivity contribution in [1.29, 1.82) is 0 Å². The molecular weight excluding hydrogens is 414 g/mol. The van der Waals surface area contributed by atoms with Crippen molar-refractivity contribution in [3.05, 3.63) is 64.7 Å². The van der Waals surface area contributed by atoms with E-state index in [-0.39, 0.29) is 5.91 Å². The predicted octanol–water partition coefficient (Wildman–Crippen LogP) is 5.92. The molecule has 1 amide bonds. The summed E-state index contributed by atoms with van der Waals surface area (Å²) >= 11 is 8.81. The van der Waals surface area contributed by atoms with Crippen LogP contribution in [-0.4, -0.2) is 22.7 Å². The molecule has 28 heavy (non-hydrogen) atoms. The summed E-state index contributed by atoms with van der Waals surface area (Å²) in [5, 5.41) is 12.2. The zero-order valence-corrected chi connectivity index (χ0v) is 17.7. The molecule has 0 aliphatic rings. The molecule has 1 N–H and O–H groups in total. The monoisotopic (exact) mass is 433 g/mol. The van der Waals surface area contributed by atoms with Gasteiger partial charge in [-0.2, -0.15) is 0 Å². The van der Waals surface area contributed by atoms with Crippen LogP contribution in [0.3, 0.4) is 0 Å². The van der Waals surface area contributed by atoms with Crippen molar-refractivity contribution in [2.75, 3.05) is 11.9 Å². The number of unbranched alkanes of at least 4 members (excludes halogenated alkanes) is 1. The normalized spacial score (nSPS) is 10.6. The van der Waals surface area contributed by atoms with Crippen molar-refractivity contribution >= 4 is 45.7 Å². The van der Waals surface area contributed by atoms with Gasteiger partial charge in [-0.3, -0.25) is 10.1 Å². The van der Waals surface area contributed by atoms with E-state index in [1.54, 1.807) is 23.9 Å². The molecule has 0 unspecified atom stereocenters. The highest BCUT2D eigenvalue weighted by Gasteiger charge is 2.15. The van der Waals surface area contributed by atoms with Crippen LogP contribution in [-0.2, 0) is 5.75 Å². The summed E-state index contributed by atoms with van der Waals surface area (Å²) in [6.45, 7) is 2.69. The van der Waals surface area contributed by atoms with Gasteiger partial charge >= 0.3 is 0 Å². The number of carbonyl (C=O) groups is 1. The first-order valence-electron chi connectivity index (χ1n) is 8.89. The minimum absolute atomic E-state index is 0.252. The molecular formula is C20H20ClN3O2S2. The highest BCUT2D eigenvalue weighted by molar-refractivity contribution is 8.00. The standard InChI is InChI=1S/C20H20ClN3O2S2/c1-2-3-12-26-17-7-5-4-6-16(17)18(25)22-19-23-24-20(28-19)27-13-14-8-10-15(21)11-9-14/h4-11H,2-3,12-13H2,1H3,(H,22,23,25). The molecule has 0 bridgehead atoms. The van der Waals surface area contributed by atoms with Crippen LogP contribution in [0.15, 0.2) is 52.9 Å². The summed E-state index contributed by atoms with van der Waals surface area (Å²) in [7, 11) is 0. The Hall–Kier alpha value is -2.09. The van der Waals surface area contributed by atoms with Crippen LogP contribution in [0.4, 0.5) is 5.13 Å². The number of amides is 1. The molecule has 2 aromatic carbocycles. The first kappa shape index (κ1) is 20.6. The minimum Gasteiger partial charge on any atom is -0.493 e. The lowest BCUT2D eigenvalue weighted by molar-refractivity contribution is 0.102. The second-order valence-electron chi connectivity index (χ2n) is 5.94. The number of aromatic nitrogens is 2. The number of hydrogen-bond donors (Lipinski definition) is 1. The number of para-hydroxylation sites is 1. The third kappa shape index (κ3) is 5.95. The molecule has 0 spiro atoms. The Kier molecular flexibility index (Phi) is 7.71. The van der Waals surface area contributed by atoms with Gasteiger partial charge in [0.05, 0.1) is 12.2 Å². The molecule has 0 radical (unpaired) electrons. The van der Waals surface area contributed by atoms with Gasteiger partial charge in [-0.15, -0.1) is 10.2 Å². The van der Waals surface area contributed by atoms with Crippen LogP contribution in [0.25, 0.3) is 0 Å². The van der Waals surface area contributed by atoms with E-state index >= 15 is 0 Å². The number of thioether (sulfide) groups is 1. The largest absolute Gasteiger partial charge is 0.493 e. The summed E-state index contributed by atoms with van der Waals surface area (Å²) < 4.78 is 6.52. The number of carbonyl (C=O) groups excluding carboxylic acids is 1. The molecule has 0 saturated carbocycles. The predicted molar refractivity (Wildman–Crippen MR) is 116 cm³/mol. The lowest BCUT2D eigenvalue weighted by Crippen LogP contribution is -2.13. The fraction of sp³-hybridized carbons (Fsp3) is 0.250. The SMILES string of the molecule is CCCCOc1ccccc1C(=O)Nc1nnc(SCc2ccc(Cl)cc2)s1. The van der Waals surface area contributed by atoms with Gasteiger partial charge in [0.1, 0.15) is 5.75 Å². The smallest absolute Gasteiger partial charge is 0.261 e. The highest BCUT2D eigenvalue weighted by Crippen LogP contribution is 2.29. The lowest BCUT2D eigenvalue weighted by atomic mass is 10.2. The molecule has 0 aliphatic carbocycles. The fourth-order valence-electron chi connectivity index (χ4n) is 2.32. The van der Waals surface area contributed by atoms with E-state index in [2.05, 4.69) is 22.4 Å². The van der Waals surface area contributed by atoms with Gasteiger partial charge < -0.3 is 4.74 Å². The number of ether oxygens (including phenoxy) is 1. The van der Waals surface area contributed by atoms with E-state index < -0.39 is 0 Å². The number of anilines is 1. The van der Waals surface area contributed by atoms with Gasteiger partial charge in [0.25, 0.3) is 5.91 Å². The molecule has 1 aromatic heterocycles. The van der Waals surface area contributed by atoms with Gasteiger partial charge in [0, 0.05) is 10.8 Å². The van der Waals surface area contributed by atoms with Gasteiger partial charge in [-0.05, 0) is 36.2 Å². The van der Waals surface area contributed by atoms with Gasteiger partial charge in [-0.1, -0.05) is 72.3 Å². The molecule has 146 valence electrons. The number of halogens is 1. The Balaban J connectivity index is 1.58. The average Bonchev–Trinajstić information content (AvgIpc) is 3.15. The molecule has 3 rings (SSSR count). The zero-order chi connectivity index (χ0) is 19.8. The number of hydrogen-bond acceptors (Lipinski definition) is 6. The quantitative estimate of drug-likeness (QED) is 0.258. The van der Waals surface area contributed by atoms with Crippen LogP contribution in [0, 0.1) is 0 Å². The van der Waals surface area contributed by atoms with Gasteiger partial charge in [-0.25, -0.2) is 0 Å². The van der Waals surface area contributed by atoms with Gasteiger partial charge in [0.2, 0.25) is 5.13 Å². The van der Waals surface area contributed by atoms with Crippen LogP contribution in [0.2, 0.25) is 5.02 Å². The first-order valence-corrected chi connectivity index (χ1v) is 11.1. The van der Waals surface area contributed by atoms with E-state index in [1.165, 1.54) is 11.3 Å². The lowest BCUT2D eigenvalue weighted by Gasteiger charge is -2.10. The average molecular weight is 434 g/mol. The van der Waals surface area contributed by atoms with Crippen LogP contribution < -0.4 is 10.1 Å². The van der Waals surface area contributed by atoms with Crippen molar-refractivity contribution in [3.63, 3.8) is 0 Å². The maximum absolute atomic E-state index is 12.6. The highest BCUT2D eigenvalue weighted by atomic mass is 35.5. The Bertz CT molecular complexity index is 916. The van der Waals surface area contributed by atoms with Crippen molar-refractivity contribution < 1.29 is 9.53 Å². The zero-order valence-electron chi connectivity index (χ0n) is 15.4. The molecule has 0 saturated heterocycles. The third-order valence-electron chi connectivity index (χ3n) is 3.79. The van der Waals surface area contributed by atoms with E-state index in [4.69, 9.17) is 16.3 Å². The molecule has 0 fully saturated rings. The summed E-state index contributed by atoms with van der Waals surface area (Å²) in [4.78, 5) is 12.6. The maximum Gasteiger partial charge on any atom is 0.261 e. The molecule has 5 nitrogen and oxygen atoms in total. The second-order valence-corrected chi connectivity index (χ2v) is 8.58. The molecule has 0 aliphatic heterocycles. The second kappa shape index (κ2) is 10.5. The van der Waals surface area contributed by atoms with Crippen molar-refractivity contribution in [2.24, 2.45) is 0 Å². The Morgan fingerprint density at radius 1 is 1.18 bits per heavy atom. The maximum atomic E-state index is 12.6. The summed E-state index contributed by atoms with van der Waals surface area (Å²) in [5.41, 5.74) is 1.64. The van der Waals surface area contributed by atoms with Crippen LogP contribution in [0.1, 0.15) is 35.7 Å². The number of nitrogens with zero attached hydrogens (tertiary/aromatic N) is 2. The van der Waals surface area contributed by atoms with E-state index in [9.17, 15) is 4.79 Å². The van der Waals surface area contributed by atoms with Gasteiger partial charge in [0.15, 0.2) is 4.34 Å². The van der Waals surface area contributed by atoms with E-state index in [1.807, 2.05) is 36.4 Å². The Morgan fingerprint density at radius 2 is 1.96 bits per heavy atom. The van der Waals surface area contributed by atoms with E-state index in [0.717, 1.165) is 28.5 Å². The minimum atomic E-state index is -0.252. The summed E-state index contributed by atoms with van der Waals surface area (Å²) in [6.07, 6.45) is 1.98. The fourth-order valence-corrected chi connectivity index (χ4v) is 4.14. The Morgan fingerprint density at radius 3 is 2.75 bits per heavy atom. The summed E-state index contributed by atoms with van der Waals surface area (Å²) in [5.74, 6) is 1.08. The topological polar surface area (TPSA) is 64.1 Å². The van der Waals surface area contributed by atoms with Crippen molar-refractivity contribution in [2.45, 2.75) is 29.9 Å². The molecule has 1 heterocycles. The molecule has 0 atom stereocenters.